The van der Waals surface area contributed by atoms with E-state index in [2.05, 4.69) is 5.32 Å². The van der Waals surface area contributed by atoms with E-state index in [4.69, 9.17) is 9.47 Å². The number of amides is 3. The number of alkyl carbamates (subject to hydrolysis) is 1. The van der Waals surface area contributed by atoms with Gasteiger partial charge in [-0.25, -0.2) is 9.59 Å². The van der Waals surface area contributed by atoms with Crippen LogP contribution in [0.25, 0.3) is 0 Å². The number of hydrogen-bond donors (Lipinski definition) is 1. The number of benzene rings is 3. The summed E-state index contributed by atoms with van der Waals surface area (Å²) in [7, 11) is 0. The van der Waals surface area contributed by atoms with Crippen LogP contribution in [-0.2, 0) is 23.9 Å². The van der Waals surface area contributed by atoms with Crippen molar-refractivity contribution in [3.8, 4) is 0 Å². The van der Waals surface area contributed by atoms with Crippen molar-refractivity contribution in [2.24, 2.45) is 0 Å². The summed E-state index contributed by atoms with van der Waals surface area (Å²) in [4.78, 5) is 56.5. The zero-order valence-corrected chi connectivity index (χ0v) is 25.9. The first-order valence-corrected chi connectivity index (χ1v) is 15.6. The minimum Gasteiger partial charge on any atom is -0.451 e. The normalized spacial score (nSPS) is 21.8. The van der Waals surface area contributed by atoms with Crippen LogP contribution in [0.5, 0.6) is 0 Å². The topological polar surface area (TPSA) is 105 Å². The summed E-state index contributed by atoms with van der Waals surface area (Å²) in [5.41, 5.74) is 2.58. The monoisotopic (exact) mass is 623 g/mol. The Bertz CT molecular complexity index is 1630. The number of nitrogens with one attached hydrogen (secondary N) is 1. The van der Waals surface area contributed by atoms with Crippen molar-refractivity contribution in [3.63, 3.8) is 0 Å². The van der Waals surface area contributed by atoms with Gasteiger partial charge in [-0.3, -0.25) is 9.59 Å². The van der Waals surface area contributed by atoms with E-state index in [0.717, 1.165) is 16.8 Å². The van der Waals surface area contributed by atoms with Crippen LogP contribution in [0.3, 0.4) is 0 Å². The van der Waals surface area contributed by atoms with Crippen LogP contribution in [0, 0.1) is 0 Å². The van der Waals surface area contributed by atoms with E-state index in [1.165, 1.54) is 16.7 Å². The zero-order chi connectivity index (χ0) is 31.7. The lowest BCUT2D eigenvalue weighted by atomic mass is 9.94. The predicted molar refractivity (Wildman–Crippen MR) is 171 cm³/mol. The first-order valence-electron chi connectivity index (χ1n) is 14.7. The van der Waals surface area contributed by atoms with Crippen molar-refractivity contribution in [2.75, 3.05) is 11.4 Å². The first-order chi connectivity index (χ1) is 21.6. The van der Waals surface area contributed by atoms with Gasteiger partial charge in [0.15, 0.2) is 12.1 Å². The summed E-state index contributed by atoms with van der Waals surface area (Å²) in [5, 5.41) is 3.86. The second-order valence-electron chi connectivity index (χ2n) is 12.0. The van der Waals surface area contributed by atoms with Gasteiger partial charge in [-0.15, -0.1) is 11.8 Å². The van der Waals surface area contributed by atoms with Crippen LogP contribution >= 0.6 is 11.8 Å². The number of carbonyl (C=O) groups excluding carboxylic acids is 4. The molecule has 3 aromatic rings. The summed E-state index contributed by atoms with van der Waals surface area (Å²) < 4.78 is 11.6. The summed E-state index contributed by atoms with van der Waals surface area (Å²) in [5.74, 6) is -1.25. The third kappa shape index (κ3) is 6.23. The molecule has 0 saturated carbocycles. The van der Waals surface area contributed by atoms with Gasteiger partial charge in [-0.1, -0.05) is 78.9 Å². The number of anilines is 1. The number of β-lactam (4-membered cyclic amide) rings is 2. The van der Waals surface area contributed by atoms with Crippen LogP contribution in [0.2, 0.25) is 0 Å². The number of ether oxygens (including phenoxy) is 2. The van der Waals surface area contributed by atoms with Gasteiger partial charge >= 0.3 is 12.1 Å². The molecule has 3 aliphatic rings. The molecule has 9 nitrogen and oxygen atoms in total. The second kappa shape index (κ2) is 12.3. The molecule has 45 heavy (non-hydrogen) atoms. The predicted octanol–water partition coefficient (Wildman–Crippen LogP) is 5.35. The third-order valence-electron chi connectivity index (χ3n) is 7.61. The average Bonchev–Trinajstić information content (AvgIpc) is 3.04. The molecule has 0 aliphatic carbocycles. The SMILES string of the molecule is CC(C)(C)OC(=O)N[C@@H]1C(=O)N2[C@@H](C(=O)OC(c3ccccc3)c3ccccc3)C(/C=C3\CN(c4ccccc4)C3=O)=CS[C@H]12. The number of esters is 1. The van der Waals surface area contributed by atoms with Crippen LogP contribution in [0.1, 0.15) is 38.0 Å². The molecule has 2 saturated heterocycles. The highest BCUT2D eigenvalue weighted by atomic mass is 32.2. The molecule has 0 bridgehead atoms. The Labute approximate surface area is 265 Å². The maximum atomic E-state index is 14.2. The Kier molecular flexibility index (Phi) is 8.24. The Morgan fingerprint density at radius 1 is 0.911 bits per heavy atom. The third-order valence-corrected chi connectivity index (χ3v) is 8.79. The number of rotatable bonds is 7. The fraction of sp³-hybridized carbons (Fsp3) is 0.257. The highest BCUT2D eigenvalue weighted by Crippen LogP contribution is 2.42. The van der Waals surface area contributed by atoms with Gasteiger partial charge in [0, 0.05) is 11.3 Å². The molecule has 230 valence electrons. The molecule has 1 N–H and O–H groups in total. The summed E-state index contributed by atoms with van der Waals surface area (Å²) in [6.07, 6.45) is 0.234. The van der Waals surface area contributed by atoms with E-state index in [9.17, 15) is 19.2 Å². The van der Waals surface area contributed by atoms with Gasteiger partial charge in [-0.2, -0.15) is 0 Å². The lowest BCUT2D eigenvalue weighted by molar-refractivity contribution is -0.164. The zero-order valence-electron chi connectivity index (χ0n) is 25.1. The van der Waals surface area contributed by atoms with E-state index < -0.39 is 47.1 Å². The molecule has 0 radical (unpaired) electrons. The van der Waals surface area contributed by atoms with Crippen molar-refractivity contribution in [2.45, 2.75) is 49.9 Å². The molecule has 3 aliphatic heterocycles. The maximum Gasteiger partial charge on any atom is 0.408 e. The minimum atomic E-state index is -1.12. The quantitative estimate of drug-likeness (QED) is 0.215. The smallest absolute Gasteiger partial charge is 0.408 e. The van der Waals surface area contributed by atoms with Crippen molar-refractivity contribution in [1.82, 2.24) is 10.2 Å². The van der Waals surface area contributed by atoms with Gasteiger partial charge < -0.3 is 24.6 Å². The van der Waals surface area contributed by atoms with E-state index in [-0.39, 0.29) is 5.91 Å². The maximum absolute atomic E-state index is 14.2. The summed E-state index contributed by atoms with van der Waals surface area (Å²) in [6.45, 7) is 5.58. The molecular weight excluding hydrogens is 590 g/mol. The minimum absolute atomic E-state index is 0.174. The fourth-order valence-corrected chi connectivity index (χ4v) is 6.68. The Morgan fingerprint density at radius 3 is 2.04 bits per heavy atom. The average molecular weight is 624 g/mol. The van der Waals surface area contributed by atoms with E-state index >= 15 is 0 Å². The number of para-hydroxylation sites is 1. The lowest BCUT2D eigenvalue weighted by Crippen LogP contribution is -2.74. The molecule has 0 unspecified atom stereocenters. The number of thioether (sulfide) groups is 1. The number of carbonyl (C=O) groups is 4. The molecule has 0 aromatic heterocycles. The van der Waals surface area contributed by atoms with Crippen LogP contribution in [0.4, 0.5) is 10.5 Å². The van der Waals surface area contributed by atoms with Crippen molar-refractivity contribution < 1.29 is 28.7 Å². The molecular formula is C35H33N3O6S. The molecule has 3 aromatic carbocycles. The number of fused-ring (bicyclic) bond motifs is 1. The number of hydrogen-bond acceptors (Lipinski definition) is 7. The molecule has 10 heteroatoms. The van der Waals surface area contributed by atoms with Crippen molar-refractivity contribution >= 4 is 41.3 Å². The largest absolute Gasteiger partial charge is 0.451 e. The van der Waals surface area contributed by atoms with E-state index in [1.54, 1.807) is 37.2 Å². The van der Waals surface area contributed by atoms with Gasteiger partial charge in [0.05, 0.1) is 6.54 Å². The van der Waals surface area contributed by atoms with Crippen LogP contribution < -0.4 is 10.2 Å². The van der Waals surface area contributed by atoms with Gasteiger partial charge in [-0.05, 0) is 61.1 Å². The Balaban J connectivity index is 1.29. The first kappa shape index (κ1) is 30.2. The molecule has 6 rings (SSSR count). The van der Waals surface area contributed by atoms with Gasteiger partial charge in [0.1, 0.15) is 17.0 Å². The molecule has 0 spiro atoms. The van der Waals surface area contributed by atoms with Crippen molar-refractivity contribution in [1.29, 1.82) is 0 Å². The highest BCUT2D eigenvalue weighted by Gasteiger charge is 2.56. The van der Waals surface area contributed by atoms with E-state index in [1.807, 2.05) is 91.0 Å². The van der Waals surface area contributed by atoms with E-state index in [0.29, 0.717) is 17.7 Å². The summed E-state index contributed by atoms with van der Waals surface area (Å²) >= 11 is 1.30. The molecule has 2 fully saturated rings. The standard InChI is InChI=1S/C35H33N3O6S/c1-35(2,3)44-34(42)36-27-31(40)38-28(33(41)43-29(22-13-7-4-8-14-22)23-15-9-5-10-16-23)25(21-45-32(27)38)19-24-20-37(30(24)39)26-17-11-6-12-18-26/h4-19,21,27-29,32H,20H2,1-3H3,(H,36,42)/b24-19+/t27-,28-,32-/m1/s1. The number of nitrogens with zero attached hydrogens (tertiary/aromatic N) is 2. The van der Waals surface area contributed by atoms with Gasteiger partial charge in [0.2, 0.25) is 5.91 Å². The molecule has 3 atom stereocenters. The molecule has 3 heterocycles. The van der Waals surface area contributed by atoms with Crippen LogP contribution in [0.15, 0.2) is 114 Å². The molecule has 3 amide bonds. The highest BCUT2D eigenvalue weighted by molar-refractivity contribution is 8.03. The Hall–Kier alpha value is -4.83. The van der Waals surface area contributed by atoms with Gasteiger partial charge in [0.25, 0.3) is 5.91 Å². The van der Waals surface area contributed by atoms with Crippen LogP contribution in [-0.4, -0.2) is 58.4 Å². The lowest BCUT2D eigenvalue weighted by Gasteiger charge is -2.51. The Morgan fingerprint density at radius 2 is 1.49 bits per heavy atom. The fourth-order valence-electron chi connectivity index (χ4n) is 5.49. The van der Waals surface area contributed by atoms with Crippen molar-refractivity contribution in [3.05, 3.63) is 125 Å². The second-order valence-corrected chi connectivity index (χ2v) is 12.9. The summed E-state index contributed by atoms with van der Waals surface area (Å²) in [6, 6.07) is 26.1.